The predicted octanol–water partition coefficient (Wildman–Crippen LogP) is 1.96. The lowest BCUT2D eigenvalue weighted by Crippen LogP contribution is -2.52. The van der Waals surface area contributed by atoms with Crippen LogP contribution in [0.1, 0.15) is 32.4 Å². The summed E-state index contributed by atoms with van der Waals surface area (Å²) in [6, 6.07) is 0.789. The topological polar surface area (TPSA) is 92.9 Å². The molecule has 10 heteroatoms. The van der Waals surface area contributed by atoms with Crippen molar-refractivity contribution in [1.82, 2.24) is 15.3 Å². The molecule has 0 aliphatic carbocycles. The van der Waals surface area contributed by atoms with Gasteiger partial charge in [0.15, 0.2) is 0 Å². The smallest absolute Gasteiger partial charge is 0.353 e. The average molecular weight is 356 g/mol. The second-order valence-corrected chi connectivity index (χ2v) is 5.11. The first-order chi connectivity index (χ1) is 10.2. The highest BCUT2D eigenvalue weighted by atomic mass is 35.5. The van der Waals surface area contributed by atoms with Crippen molar-refractivity contribution >= 4 is 24.3 Å². The maximum atomic E-state index is 12.5. The lowest BCUT2D eigenvalue weighted by molar-refractivity contribution is -0.141. The highest BCUT2D eigenvalue weighted by Crippen LogP contribution is 2.27. The van der Waals surface area contributed by atoms with Crippen LogP contribution < -0.4 is 16.4 Å². The zero-order chi connectivity index (χ0) is 16.8. The van der Waals surface area contributed by atoms with Crippen LogP contribution in [0.15, 0.2) is 12.3 Å². The van der Waals surface area contributed by atoms with E-state index < -0.39 is 17.4 Å². The Labute approximate surface area is 138 Å². The van der Waals surface area contributed by atoms with Gasteiger partial charge in [0.25, 0.3) is 0 Å². The summed E-state index contributed by atoms with van der Waals surface area (Å²) in [4.78, 5) is 18.9. The molecule has 23 heavy (non-hydrogen) atoms. The number of anilines is 1. The molecule has 132 valence electrons. The van der Waals surface area contributed by atoms with Crippen LogP contribution in [-0.2, 0) is 11.0 Å². The van der Waals surface area contributed by atoms with Gasteiger partial charge in [0.1, 0.15) is 5.69 Å². The summed E-state index contributed by atoms with van der Waals surface area (Å²) < 4.78 is 37.4. The van der Waals surface area contributed by atoms with Crippen LogP contribution in [-0.4, -0.2) is 34.5 Å². The van der Waals surface area contributed by atoms with Crippen molar-refractivity contribution in [3.05, 3.63) is 18.0 Å². The van der Waals surface area contributed by atoms with Crippen molar-refractivity contribution < 1.29 is 18.0 Å². The number of aromatic nitrogens is 2. The van der Waals surface area contributed by atoms with Gasteiger partial charge in [-0.05, 0) is 19.4 Å². The zero-order valence-corrected chi connectivity index (χ0v) is 13.7. The molecule has 1 aromatic rings. The standard InChI is InChI=1S/C13H20F3N5O.ClH/c1-3-5-12(2,17)10(22)18-7-8-20-11-19-6-4-9(21-11)13(14,15)16;/h4,6H,3,5,7-8,17H2,1-2H3,(H,18,22)(H,19,20,21);1H. The van der Waals surface area contributed by atoms with Gasteiger partial charge in [-0.3, -0.25) is 4.79 Å². The van der Waals surface area contributed by atoms with Gasteiger partial charge in [-0.15, -0.1) is 12.4 Å². The van der Waals surface area contributed by atoms with Crippen molar-refractivity contribution in [2.24, 2.45) is 5.73 Å². The van der Waals surface area contributed by atoms with Crippen LogP contribution in [0, 0.1) is 0 Å². The number of rotatable bonds is 7. The molecule has 4 N–H and O–H groups in total. The van der Waals surface area contributed by atoms with Gasteiger partial charge in [0.2, 0.25) is 11.9 Å². The second-order valence-electron chi connectivity index (χ2n) is 5.11. The number of carbonyl (C=O) groups excluding carboxylic acids is 1. The summed E-state index contributed by atoms with van der Waals surface area (Å²) in [5.74, 6) is -0.450. The maximum Gasteiger partial charge on any atom is 0.433 e. The fourth-order valence-corrected chi connectivity index (χ4v) is 1.79. The first kappa shape index (κ1) is 21.4. The number of nitrogens with zero attached hydrogens (tertiary/aromatic N) is 2. The van der Waals surface area contributed by atoms with Crippen LogP contribution in [0.3, 0.4) is 0 Å². The van der Waals surface area contributed by atoms with E-state index in [9.17, 15) is 18.0 Å². The van der Waals surface area contributed by atoms with Gasteiger partial charge in [-0.2, -0.15) is 13.2 Å². The predicted molar refractivity (Wildman–Crippen MR) is 83.3 cm³/mol. The van der Waals surface area contributed by atoms with E-state index in [0.717, 1.165) is 18.7 Å². The normalized spacial score (nSPS) is 13.7. The summed E-state index contributed by atoms with van der Waals surface area (Å²) in [5, 5.41) is 5.24. The first-order valence-electron chi connectivity index (χ1n) is 6.88. The average Bonchev–Trinajstić information content (AvgIpc) is 2.42. The molecule has 1 unspecified atom stereocenters. The molecule has 1 heterocycles. The summed E-state index contributed by atoms with van der Waals surface area (Å²) in [6.07, 6.45) is -2.18. The molecule has 1 rings (SSSR count). The Morgan fingerprint density at radius 3 is 2.57 bits per heavy atom. The molecular weight excluding hydrogens is 335 g/mol. The Morgan fingerprint density at radius 2 is 2.00 bits per heavy atom. The third kappa shape index (κ3) is 7.00. The summed E-state index contributed by atoms with van der Waals surface area (Å²) in [5.41, 5.74) is 3.87. The number of amides is 1. The van der Waals surface area contributed by atoms with E-state index >= 15 is 0 Å². The minimum Gasteiger partial charge on any atom is -0.353 e. The zero-order valence-electron chi connectivity index (χ0n) is 12.9. The van der Waals surface area contributed by atoms with Gasteiger partial charge in [-0.1, -0.05) is 13.3 Å². The fraction of sp³-hybridized carbons (Fsp3) is 0.615. The molecule has 0 aromatic carbocycles. The third-order valence-electron chi connectivity index (χ3n) is 2.93. The van der Waals surface area contributed by atoms with E-state index in [4.69, 9.17) is 5.73 Å². The fourth-order valence-electron chi connectivity index (χ4n) is 1.79. The van der Waals surface area contributed by atoms with E-state index in [1.807, 2.05) is 6.92 Å². The van der Waals surface area contributed by atoms with Crippen LogP contribution in [0.4, 0.5) is 19.1 Å². The second kappa shape index (κ2) is 8.88. The Balaban J connectivity index is 0.00000484. The molecule has 6 nitrogen and oxygen atoms in total. The number of nitrogens with one attached hydrogen (secondary N) is 2. The van der Waals surface area contributed by atoms with E-state index in [-0.39, 0.29) is 37.4 Å². The molecule has 0 aliphatic heterocycles. The Bertz CT molecular complexity index is 511. The van der Waals surface area contributed by atoms with Gasteiger partial charge in [0.05, 0.1) is 5.54 Å². The molecule has 0 aliphatic rings. The minimum absolute atomic E-state index is 0. The van der Waals surface area contributed by atoms with Crippen molar-refractivity contribution in [2.45, 2.75) is 38.4 Å². The molecule has 0 spiro atoms. The first-order valence-corrected chi connectivity index (χ1v) is 6.88. The number of alkyl halides is 3. The van der Waals surface area contributed by atoms with Crippen molar-refractivity contribution in [2.75, 3.05) is 18.4 Å². The summed E-state index contributed by atoms with van der Waals surface area (Å²) >= 11 is 0. The molecule has 0 saturated carbocycles. The lowest BCUT2D eigenvalue weighted by atomic mass is 9.97. The number of halogens is 4. The van der Waals surface area contributed by atoms with E-state index in [1.165, 1.54) is 0 Å². The number of nitrogens with two attached hydrogens (primary N) is 1. The van der Waals surface area contributed by atoms with Crippen molar-refractivity contribution in [3.63, 3.8) is 0 Å². The highest BCUT2D eigenvalue weighted by molar-refractivity contribution is 5.85. The van der Waals surface area contributed by atoms with Gasteiger partial charge in [0, 0.05) is 19.3 Å². The molecule has 1 aromatic heterocycles. The number of hydrogen-bond donors (Lipinski definition) is 3. The monoisotopic (exact) mass is 355 g/mol. The number of carbonyl (C=O) groups is 1. The largest absolute Gasteiger partial charge is 0.433 e. The van der Waals surface area contributed by atoms with Crippen molar-refractivity contribution in [1.29, 1.82) is 0 Å². The molecule has 0 bridgehead atoms. The summed E-state index contributed by atoms with van der Waals surface area (Å²) in [6.45, 7) is 3.95. The van der Waals surface area contributed by atoms with Gasteiger partial charge in [-0.25, -0.2) is 9.97 Å². The molecule has 1 atom stereocenters. The molecule has 1 amide bonds. The SMILES string of the molecule is CCCC(C)(N)C(=O)NCCNc1nccc(C(F)(F)F)n1.Cl. The van der Waals surface area contributed by atoms with E-state index in [0.29, 0.717) is 6.42 Å². The molecular formula is C13H21ClF3N5O. The Morgan fingerprint density at radius 1 is 1.35 bits per heavy atom. The van der Waals surface area contributed by atoms with Gasteiger partial charge < -0.3 is 16.4 Å². The quantitative estimate of drug-likeness (QED) is 0.650. The highest BCUT2D eigenvalue weighted by Gasteiger charge is 2.32. The Hall–Kier alpha value is -1.61. The van der Waals surface area contributed by atoms with Gasteiger partial charge >= 0.3 is 6.18 Å². The third-order valence-corrected chi connectivity index (χ3v) is 2.93. The number of hydrogen-bond acceptors (Lipinski definition) is 5. The molecule has 0 radical (unpaired) electrons. The van der Waals surface area contributed by atoms with Crippen molar-refractivity contribution in [3.8, 4) is 0 Å². The van der Waals surface area contributed by atoms with Crippen LogP contribution in [0.25, 0.3) is 0 Å². The van der Waals surface area contributed by atoms with E-state index in [2.05, 4.69) is 20.6 Å². The lowest BCUT2D eigenvalue weighted by Gasteiger charge is -2.22. The van der Waals surface area contributed by atoms with Crippen LogP contribution in [0.5, 0.6) is 0 Å². The maximum absolute atomic E-state index is 12.5. The Kier molecular flexibility index (Phi) is 8.25. The van der Waals surface area contributed by atoms with Crippen LogP contribution >= 0.6 is 12.4 Å². The van der Waals surface area contributed by atoms with Crippen LogP contribution in [0.2, 0.25) is 0 Å². The molecule has 0 saturated heterocycles. The molecule has 0 fully saturated rings. The summed E-state index contributed by atoms with van der Waals surface area (Å²) in [7, 11) is 0. The van der Waals surface area contributed by atoms with E-state index in [1.54, 1.807) is 6.92 Å². The minimum atomic E-state index is -4.52.